The fourth-order valence-electron chi connectivity index (χ4n) is 2.68. The minimum Gasteiger partial charge on any atom is -0.390 e. The highest BCUT2D eigenvalue weighted by Gasteiger charge is 2.68. The summed E-state index contributed by atoms with van der Waals surface area (Å²) in [7, 11) is 0. The Labute approximate surface area is 82.8 Å². The van der Waals surface area contributed by atoms with Gasteiger partial charge in [0, 0.05) is 5.92 Å². The van der Waals surface area contributed by atoms with Crippen LogP contribution in [-0.4, -0.2) is 46.3 Å². The zero-order valence-electron chi connectivity index (χ0n) is 8.43. The van der Waals surface area contributed by atoms with Crippen LogP contribution in [0.4, 0.5) is 0 Å². The van der Waals surface area contributed by atoms with Crippen LogP contribution in [0.25, 0.3) is 0 Å². The SMILES string of the molecule is C[C@]12O[C@H]1C[C@@H]([C@]1(C)CO1)[C@@H](O)[C@@H]2O. The highest BCUT2D eigenvalue weighted by molar-refractivity contribution is 5.16. The zero-order chi connectivity index (χ0) is 10.1. The summed E-state index contributed by atoms with van der Waals surface area (Å²) in [6, 6.07) is 0. The molecule has 0 radical (unpaired) electrons. The lowest BCUT2D eigenvalue weighted by Crippen LogP contribution is -2.52. The van der Waals surface area contributed by atoms with Crippen LogP contribution in [-0.2, 0) is 9.47 Å². The first-order chi connectivity index (χ1) is 6.47. The molecular formula is C10H16O4. The van der Waals surface area contributed by atoms with Gasteiger partial charge in [0.2, 0.25) is 0 Å². The first-order valence-electron chi connectivity index (χ1n) is 5.15. The average molecular weight is 200 g/mol. The van der Waals surface area contributed by atoms with E-state index in [1.165, 1.54) is 0 Å². The predicted molar refractivity (Wildman–Crippen MR) is 47.8 cm³/mol. The largest absolute Gasteiger partial charge is 0.390 e. The molecule has 0 aromatic heterocycles. The Balaban J connectivity index is 1.83. The number of rotatable bonds is 1. The number of fused-ring (bicyclic) bond motifs is 1. The Bertz CT molecular complexity index is 275. The van der Waals surface area contributed by atoms with Gasteiger partial charge in [-0.15, -0.1) is 0 Å². The van der Waals surface area contributed by atoms with Crippen LogP contribution in [0.15, 0.2) is 0 Å². The average Bonchev–Trinajstić information content (AvgIpc) is 2.99. The molecule has 2 N–H and O–H groups in total. The lowest BCUT2D eigenvalue weighted by atomic mass is 9.73. The van der Waals surface area contributed by atoms with Gasteiger partial charge in [0.15, 0.2) is 0 Å². The van der Waals surface area contributed by atoms with E-state index in [-0.39, 0.29) is 17.6 Å². The summed E-state index contributed by atoms with van der Waals surface area (Å²) in [6.45, 7) is 4.53. The van der Waals surface area contributed by atoms with E-state index in [2.05, 4.69) is 0 Å². The molecule has 0 amide bonds. The van der Waals surface area contributed by atoms with Gasteiger partial charge in [-0.2, -0.15) is 0 Å². The molecule has 0 aromatic carbocycles. The molecule has 3 aliphatic rings. The molecule has 3 fully saturated rings. The standard InChI is InChI=1S/C10H16O4/c1-9(4-13-9)5-3-6-10(2,14-6)8(12)7(5)11/h5-8,11-12H,3-4H2,1-2H3/t5-,6+,7-,8+,9+,10+/m1/s1. The Morgan fingerprint density at radius 2 is 1.93 bits per heavy atom. The maximum Gasteiger partial charge on any atom is 0.120 e. The van der Waals surface area contributed by atoms with E-state index in [0.29, 0.717) is 6.61 Å². The van der Waals surface area contributed by atoms with Crippen LogP contribution < -0.4 is 0 Å². The summed E-state index contributed by atoms with van der Waals surface area (Å²) >= 11 is 0. The van der Waals surface area contributed by atoms with Crippen molar-refractivity contribution in [3.63, 3.8) is 0 Å². The maximum atomic E-state index is 9.97. The van der Waals surface area contributed by atoms with Gasteiger partial charge in [0.05, 0.1) is 24.4 Å². The smallest absolute Gasteiger partial charge is 0.120 e. The first-order valence-corrected chi connectivity index (χ1v) is 5.15. The summed E-state index contributed by atoms with van der Waals surface area (Å²) in [6.07, 6.45) is -0.587. The number of aliphatic hydroxyl groups excluding tert-OH is 2. The third kappa shape index (κ3) is 0.972. The molecule has 2 heterocycles. The van der Waals surface area contributed by atoms with Gasteiger partial charge in [-0.1, -0.05) is 0 Å². The van der Waals surface area contributed by atoms with Gasteiger partial charge < -0.3 is 19.7 Å². The molecule has 80 valence electrons. The topological polar surface area (TPSA) is 65.5 Å². The van der Waals surface area contributed by atoms with Gasteiger partial charge >= 0.3 is 0 Å². The van der Waals surface area contributed by atoms with Crippen molar-refractivity contribution in [1.82, 2.24) is 0 Å². The van der Waals surface area contributed by atoms with Gasteiger partial charge in [0.1, 0.15) is 11.7 Å². The molecule has 1 aliphatic carbocycles. The van der Waals surface area contributed by atoms with Crippen LogP contribution >= 0.6 is 0 Å². The Kier molecular flexibility index (Phi) is 1.51. The first kappa shape index (κ1) is 9.09. The van der Waals surface area contributed by atoms with Crippen LogP contribution in [0.5, 0.6) is 0 Å². The molecule has 4 heteroatoms. The molecule has 3 rings (SSSR count). The summed E-state index contributed by atoms with van der Waals surface area (Å²) in [4.78, 5) is 0. The van der Waals surface area contributed by atoms with Crippen molar-refractivity contribution in [3.8, 4) is 0 Å². The van der Waals surface area contributed by atoms with Gasteiger partial charge in [0.25, 0.3) is 0 Å². The van der Waals surface area contributed by atoms with Gasteiger partial charge in [-0.25, -0.2) is 0 Å². The molecular weight excluding hydrogens is 184 g/mol. The van der Waals surface area contributed by atoms with E-state index in [0.717, 1.165) is 6.42 Å². The van der Waals surface area contributed by atoms with E-state index >= 15 is 0 Å². The zero-order valence-corrected chi connectivity index (χ0v) is 8.43. The number of hydrogen-bond donors (Lipinski definition) is 2. The highest BCUT2D eigenvalue weighted by Crippen LogP contribution is 2.54. The fraction of sp³-hybridized carbons (Fsp3) is 1.00. The summed E-state index contributed by atoms with van der Waals surface area (Å²) < 4.78 is 10.8. The normalized spacial score (nSPS) is 66.0. The van der Waals surface area contributed by atoms with E-state index in [1.54, 1.807) is 0 Å². The molecule has 0 bridgehead atoms. The molecule has 1 saturated carbocycles. The lowest BCUT2D eigenvalue weighted by molar-refractivity contribution is -0.0775. The molecule has 4 nitrogen and oxygen atoms in total. The number of epoxide rings is 2. The number of aliphatic hydroxyl groups is 2. The van der Waals surface area contributed by atoms with E-state index in [4.69, 9.17) is 9.47 Å². The summed E-state index contributed by atoms with van der Waals surface area (Å²) in [5.74, 6) is 0.0121. The van der Waals surface area contributed by atoms with Crippen LogP contribution in [0.2, 0.25) is 0 Å². The number of ether oxygens (including phenoxy) is 2. The molecule has 0 spiro atoms. The quantitative estimate of drug-likeness (QED) is 0.569. The minimum absolute atomic E-state index is 0.0121. The second-order valence-corrected chi connectivity index (χ2v) is 5.17. The highest BCUT2D eigenvalue weighted by atomic mass is 16.6. The van der Waals surface area contributed by atoms with Gasteiger partial charge in [-0.3, -0.25) is 0 Å². The van der Waals surface area contributed by atoms with Crippen LogP contribution in [0.3, 0.4) is 0 Å². The Morgan fingerprint density at radius 1 is 1.29 bits per heavy atom. The second-order valence-electron chi connectivity index (χ2n) is 5.17. The van der Waals surface area contributed by atoms with Crippen molar-refractivity contribution in [3.05, 3.63) is 0 Å². The van der Waals surface area contributed by atoms with Crippen molar-refractivity contribution >= 4 is 0 Å². The van der Waals surface area contributed by atoms with Gasteiger partial charge in [-0.05, 0) is 20.3 Å². The van der Waals surface area contributed by atoms with Crippen molar-refractivity contribution in [2.75, 3.05) is 6.61 Å². The van der Waals surface area contributed by atoms with Crippen molar-refractivity contribution < 1.29 is 19.7 Å². The minimum atomic E-state index is -0.771. The van der Waals surface area contributed by atoms with E-state index in [9.17, 15) is 10.2 Å². The number of hydrogen-bond acceptors (Lipinski definition) is 4. The van der Waals surface area contributed by atoms with Crippen molar-refractivity contribution in [1.29, 1.82) is 0 Å². The molecule has 2 aliphatic heterocycles. The molecule has 0 aromatic rings. The van der Waals surface area contributed by atoms with E-state index in [1.807, 2.05) is 13.8 Å². The van der Waals surface area contributed by atoms with Crippen LogP contribution in [0.1, 0.15) is 20.3 Å². The molecule has 0 unspecified atom stereocenters. The Morgan fingerprint density at radius 3 is 2.50 bits per heavy atom. The third-order valence-corrected chi connectivity index (χ3v) is 4.15. The molecule has 2 saturated heterocycles. The Hall–Kier alpha value is -0.160. The lowest BCUT2D eigenvalue weighted by Gasteiger charge is -2.35. The van der Waals surface area contributed by atoms with Crippen molar-refractivity contribution in [2.24, 2.45) is 5.92 Å². The molecule has 6 atom stereocenters. The van der Waals surface area contributed by atoms with Crippen LogP contribution in [0, 0.1) is 5.92 Å². The monoisotopic (exact) mass is 200 g/mol. The maximum absolute atomic E-state index is 9.97. The predicted octanol–water partition coefficient (Wildman–Crippen LogP) is -0.326. The fourth-order valence-corrected chi connectivity index (χ4v) is 2.68. The second kappa shape index (κ2) is 2.32. The van der Waals surface area contributed by atoms with E-state index < -0.39 is 17.8 Å². The third-order valence-electron chi connectivity index (χ3n) is 4.15. The summed E-state index contributed by atoms with van der Waals surface area (Å²) in [5, 5.41) is 19.8. The summed E-state index contributed by atoms with van der Waals surface area (Å²) in [5.41, 5.74) is -0.727. The molecule has 14 heavy (non-hydrogen) atoms. The van der Waals surface area contributed by atoms with Crippen molar-refractivity contribution in [2.45, 2.75) is 49.8 Å².